The molecule has 0 aliphatic rings. The molecule has 0 N–H and O–H groups in total. The Kier molecular flexibility index (Phi) is 5.05. The summed E-state index contributed by atoms with van der Waals surface area (Å²) in [6.45, 7) is 2.11. The minimum absolute atomic E-state index is 1.02. The van der Waals surface area contributed by atoms with E-state index in [1.165, 1.54) is 21.5 Å². The SMILES string of the molecule is Cc1ccc(N=P(c2ccccc2)(c2ccccc2)c2ccccc2)cc1. The first-order valence-electron chi connectivity index (χ1n) is 9.15. The van der Waals surface area contributed by atoms with Gasteiger partial charge in [0, 0.05) is 15.9 Å². The summed E-state index contributed by atoms with van der Waals surface area (Å²) in [5, 5.41) is 3.80. The first kappa shape index (κ1) is 17.5. The van der Waals surface area contributed by atoms with Gasteiger partial charge in [-0.3, -0.25) is 4.74 Å². The van der Waals surface area contributed by atoms with Crippen LogP contribution in [0.25, 0.3) is 0 Å². The van der Waals surface area contributed by atoms with Crippen LogP contribution >= 0.6 is 7.05 Å². The predicted octanol–water partition coefficient (Wildman–Crippen LogP) is 5.80. The van der Waals surface area contributed by atoms with Crippen LogP contribution in [0.15, 0.2) is 120 Å². The Bertz CT molecular complexity index is 950. The van der Waals surface area contributed by atoms with Gasteiger partial charge in [-0.25, -0.2) is 0 Å². The molecule has 0 bridgehead atoms. The molecular weight excluding hydrogens is 345 g/mol. The Morgan fingerprint density at radius 3 is 1.22 bits per heavy atom. The summed E-state index contributed by atoms with van der Waals surface area (Å²) in [4.78, 5) is 0. The third-order valence-corrected chi connectivity index (χ3v) is 8.36. The maximum Gasteiger partial charge on any atom is 0.0625 e. The van der Waals surface area contributed by atoms with Crippen LogP contribution < -0.4 is 15.9 Å². The lowest BCUT2D eigenvalue weighted by Crippen LogP contribution is -2.25. The summed E-state index contributed by atoms with van der Waals surface area (Å²) in [7, 11) is -2.17. The van der Waals surface area contributed by atoms with Crippen LogP contribution in [0.1, 0.15) is 5.56 Å². The quantitative estimate of drug-likeness (QED) is 0.404. The lowest BCUT2D eigenvalue weighted by molar-refractivity contribution is 1.44. The molecule has 0 aromatic heterocycles. The molecule has 1 nitrogen and oxygen atoms in total. The van der Waals surface area contributed by atoms with Crippen molar-refractivity contribution in [2.45, 2.75) is 6.92 Å². The number of nitrogens with zero attached hydrogens (tertiary/aromatic N) is 1. The number of aryl methyl sites for hydroxylation is 1. The fraction of sp³-hybridized carbons (Fsp3) is 0.0400. The van der Waals surface area contributed by atoms with E-state index in [9.17, 15) is 0 Å². The highest BCUT2D eigenvalue weighted by Gasteiger charge is 2.27. The molecule has 27 heavy (non-hydrogen) atoms. The molecule has 132 valence electrons. The van der Waals surface area contributed by atoms with Crippen molar-refractivity contribution in [1.29, 1.82) is 0 Å². The normalized spacial score (nSPS) is 11.1. The monoisotopic (exact) mass is 367 g/mol. The maximum atomic E-state index is 5.45. The fourth-order valence-electron chi connectivity index (χ4n) is 3.34. The molecule has 0 heterocycles. The Morgan fingerprint density at radius 2 is 0.852 bits per heavy atom. The Balaban J connectivity index is 2.11. The molecule has 4 aromatic rings. The standard InChI is InChI=1S/C25H22NP/c1-21-17-19-22(20-18-21)26-27(23-11-5-2-6-12-23,24-13-7-3-8-14-24)25-15-9-4-10-16-25/h2-20H,1H3. The summed E-state index contributed by atoms with van der Waals surface area (Å²) in [5.74, 6) is 0. The van der Waals surface area contributed by atoms with Crippen molar-refractivity contribution in [3.8, 4) is 0 Å². The van der Waals surface area contributed by atoms with Crippen molar-refractivity contribution in [2.75, 3.05) is 0 Å². The Morgan fingerprint density at radius 1 is 0.481 bits per heavy atom. The topological polar surface area (TPSA) is 12.4 Å². The van der Waals surface area contributed by atoms with Crippen LogP contribution in [0, 0.1) is 6.92 Å². The molecule has 0 saturated heterocycles. The molecule has 0 radical (unpaired) electrons. The van der Waals surface area contributed by atoms with Gasteiger partial charge in [0.25, 0.3) is 0 Å². The highest BCUT2D eigenvalue weighted by atomic mass is 31.2. The summed E-state index contributed by atoms with van der Waals surface area (Å²) in [6, 6.07) is 40.7. The molecule has 0 saturated carbocycles. The van der Waals surface area contributed by atoms with Crippen molar-refractivity contribution in [3.63, 3.8) is 0 Å². The van der Waals surface area contributed by atoms with E-state index in [0.717, 1.165) is 5.69 Å². The largest absolute Gasteiger partial charge is 0.254 e. The minimum Gasteiger partial charge on any atom is -0.254 e. The van der Waals surface area contributed by atoms with Gasteiger partial charge < -0.3 is 0 Å². The molecule has 0 unspecified atom stereocenters. The first-order valence-corrected chi connectivity index (χ1v) is 10.9. The van der Waals surface area contributed by atoms with Crippen molar-refractivity contribution in [3.05, 3.63) is 121 Å². The van der Waals surface area contributed by atoms with Crippen LogP contribution in [0.5, 0.6) is 0 Å². The van der Waals surface area contributed by atoms with E-state index >= 15 is 0 Å². The van der Waals surface area contributed by atoms with E-state index in [2.05, 4.69) is 122 Å². The van der Waals surface area contributed by atoms with Crippen LogP contribution in [0.4, 0.5) is 5.69 Å². The molecule has 0 atom stereocenters. The van der Waals surface area contributed by atoms with E-state index in [1.54, 1.807) is 0 Å². The minimum atomic E-state index is -2.17. The highest BCUT2D eigenvalue weighted by Crippen LogP contribution is 2.49. The average molecular weight is 367 g/mol. The third-order valence-electron chi connectivity index (χ3n) is 4.69. The lowest BCUT2D eigenvalue weighted by Gasteiger charge is -2.27. The van der Waals surface area contributed by atoms with E-state index in [-0.39, 0.29) is 0 Å². The number of hydrogen-bond donors (Lipinski definition) is 0. The number of hydrogen-bond acceptors (Lipinski definition) is 1. The molecular formula is C25H22NP. The second-order valence-corrected chi connectivity index (χ2v) is 9.60. The van der Waals surface area contributed by atoms with Crippen LogP contribution in [0.2, 0.25) is 0 Å². The van der Waals surface area contributed by atoms with Gasteiger partial charge in [-0.15, -0.1) is 0 Å². The number of rotatable bonds is 4. The molecule has 0 spiro atoms. The van der Waals surface area contributed by atoms with E-state index in [1.807, 2.05) is 0 Å². The van der Waals surface area contributed by atoms with Crippen LogP contribution in [-0.2, 0) is 0 Å². The highest BCUT2D eigenvalue weighted by molar-refractivity contribution is 7.87. The van der Waals surface area contributed by atoms with E-state index in [4.69, 9.17) is 4.74 Å². The lowest BCUT2D eigenvalue weighted by atomic mass is 10.2. The average Bonchev–Trinajstić information content (AvgIpc) is 2.75. The Labute approximate surface area is 161 Å². The second-order valence-electron chi connectivity index (χ2n) is 6.58. The van der Waals surface area contributed by atoms with E-state index in [0.29, 0.717) is 0 Å². The smallest absolute Gasteiger partial charge is 0.0625 e. The maximum absolute atomic E-state index is 5.45. The molecule has 4 aromatic carbocycles. The van der Waals surface area contributed by atoms with Gasteiger partial charge in [0.2, 0.25) is 0 Å². The predicted molar refractivity (Wildman–Crippen MR) is 118 cm³/mol. The first-order chi connectivity index (χ1) is 13.3. The van der Waals surface area contributed by atoms with Crippen LogP contribution in [-0.4, -0.2) is 0 Å². The third kappa shape index (κ3) is 3.52. The summed E-state index contributed by atoms with van der Waals surface area (Å²) < 4.78 is 5.45. The van der Waals surface area contributed by atoms with Gasteiger partial charge >= 0.3 is 0 Å². The van der Waals surface area contributed by atoms with Gasteiger partial charge in [0.05, 0.1) is 12.7 Å². The molecule has 0 aliphatic heterocycles. The molecule has 0 fully saturated rings. The fourth-order valence-corrected chi connectivity index (χ4v) is 6.87. The van der Waals surface area contributed by atoms with Crippen molar-refractivity contribution < 1.29 is 0 Å². The van der Waals surface area contributed by atoms with Crippen molar-refractivity contribution in [1.82, 2.24) is 0 Å². The van der Waals surface area contributed by atoms with Gasteiger partial charge in [-0.2, -0.15) is 0 Å². The molecule has 4 rings (SSSR count). The van der Waals surface area contributed by atoms with Crippen molar-refractivity contribution in [2.24, 2.45) is 4.74 Å². The van der Waals surface area contributed by atoms with Gasteiger partial charge in [0.15, 0.2) is 0 Å². The second kappa shape index (κ2) is 7.78. The van der Waals surface area contributed by atoms with Gasteiger partial charge in [-0.1, -0.05) is 109 Å². The zero-order valence-corrected chi connectivity index (χ0v) is 16.3. The summed E-state index contributed by atoms with van der Waals surface area (Å²) in [6.07, 6.45) is 0. The Hall–Kier alpha value is -2.89. The summed E-state index contributed by atoms with van der Waals surface area (Å²) in [5.41, 5.74) is 2.27. The van der Waals surface area contributed by atoms with Crippen LogP contribution in [0.3, 0.4) is 0 Å². The van der Waals surface area contributed by atoms with Gasteiger partial charge in [0.1, 0.15) is 0 Å². The molecule has 2 heteroatoms. The zero-order chi connectivity index (χ0) is 18.5. The number of benzene rings is 4. The molecule has 0 amide bonds. The van der Waals surface area contributed by atoms with E-state index < -0.39 is 7.05 Å². The van der Waals surface area contributed by atoms with Gasteiger partial charge in [-0.05, 0) is 19.1 Å². The molecule has 0 aliphatic carbocycles. The van der Waals surface area contributed by atoms with Crippen molar-refractivity contribution >= 4 is 28.7 Å². The zero-order valence-electron chi connectivity index (χ0n) is 15.4. The summed E-state index contributed by atoms with van der Waals surface area (Å²) >= 11 is 0.